The molecule has 3 heterocycles. The van der Waals surface area contributed by atoms with Gasteiger partial charge < -0.3 is 61.4 Å². The number of nitrogens with two attached hydrogens (primary N) is 1. The lowest BCUT2D eigenvalue weighted by molar-refractivity contribution is -0.145. The maximum absolute atomic E-state index is 15.6. The second-order valence-electron chi connectivity index (χ2n) is 26.2. The zero-order valence-electron chi connectivity index (χ0n) is 57.2. The molecule has 2 aliphatic rings. The van der Waals surface area contributed by atoms with Crippen LogP contribution in [0, 0.1) is 31.6 Å². The largest absolute Gasteiger partial charge is 0.487 e. The van der Waals surface area contributed by atoms with E-state index >= 15 is 14.4 Å². The molecule has 24 heteroatoms. The third-order valence-electron chi connectivity index (χ3n) is 18.9. The number of benzene rings is 7. The maximum atomic E-state index is 15.6. The number of esters is 1. The summed E-state index contributed by atoms with van der Waals surface area (Å²) < 4.78 is 50.3. The van der Waals surface area contributed by atoms with Crippen molar-refractivity contribution in [2.24, 2.45) is 5.73 Å². The molecule has 1 aliphatic carbocycles. The Morgan fingerprint density at radius 1 is 0.673 bits per heavy atom. The van der Waals surface area contributed by atoms with E-state index in [0.29, 0.717) is 40.1 Å². The van der Waals surface area contributed by atoms with Gasteiger partial charge in [-0.2, -0.15) is 0 Å². The zero-order valence-corrected chi connectivity index (χ0v) is 58.1. The van der Waals surface area contributed by atoms with E-state index in [9.17, 15) is 18.0 Å². The van der Waals surface area contributed by atoms with Gasteiger partial charge in [0.2, 0.25) is 23.7 Å². The molecule has 2 aromatic heterocycles. The molecule has 7 aromatic carbocycles. The zero-order chi connectivity index (χ0) is 71.6. The fourth-order valence-electron chi connectivity index (χ4n) is 14.0. The van der Waals surface area contributed by atoms with Crippen LogP contribution in [0.2, 0.25) is 0 Å². The molecule has 9 aromatic rings. The van der Waals surface area contributed by atoms with Gasteiger partial charge >= 0.3 is 12.1 Å². The first kappa shape index (κ1) is 71.0. The van der Waals surface area contributed by atoms with Gasteiger partial charge in [-0.15, -0.1) is 0 Å². The monoisotopic (exact) mass is 1380 g/mol. The van der Waals surface area contributed by atoms with Crippen LogP contribution in [0.3, 0.4) is 0 Å². The predicted molar refractivity (Wildman–Crippen MR) is 386 cm³/mol. The van der Waals surface area contributed by atoms with E-state index in [4.69, 9.17) is 35.7 Å². The van der Waals surface area contributed by atoms with Crippen molar-refractivity contribution in [2.45, 2.75) is 126 Å². The third kappa shape index (κ3) is 15.8. The number of aromatic nitrogens is 3. The van der Waals surface area contributed by atoms with Gasteiger partial charge in [-0.05, 0) is 128 Å². The highest BCUT2D eigenvalue weighted by Gasteiger charge is 2.41. The summed E-state index contributed by atoms with van der Waals surface area (Å²) in [7, 11) is -3.17. The van der Waals surface area contributed by atoms with Crippen molar-refractivity contribution in [2.75, 3.05) is 26.8 Å². The number of para-hydroxylation sites is 1. The SMILES string of the molecule is COC(=O)[C@H](CCCNC(=N)N)NC(=O)[C@H](Cc1cn(C(c2ccccc2)(c2ccccc2)c2ccccc2)cn1)NC(=O)[C@H](CCCNC(=N)NS(=O)(=O)c1c(C)c(C)c2c(c1C)CC(C)(C)O2)NC(=O)[C@H](Cc1c[nH]c2ccccc12)NC(=O)OCC1c2ccccc2-c2ccccc21. The molecular formula is C77H85N13O10S. The number of nitrogens with one attached hydrogen (secondary N) is 10. The number of hydrogen-bond donors (Lipinski definition) is 11. The lowest BCUT2D eigenvalue weighted by atomic mass is 9.77. The van der Waals surface area contributed by atoms with Crippen LogP contribution in [0.15, 0.2) is 187 Å². The molecule has 524 valence electrons. The second kappa shape index (κ2) is 30.9. The van der Waals surface area contributed by atoms with Crippen molar-refractivity contribution in [1.29, 1.82) is 10.8 Å². The predicted octanol–water partition coefficient (Wildman–Crippen LogP) is 8.71. The Kier molecular flexibility index (Phi) is 21.7. The first-order chi connectivity index (χ1) is 48.6. The number of hydrogen-bond acceptors (Lipinski definition) is 13. The molecule has 0 unspecified atom stereocenters. The van der Waals surface area contributed by atoms with Crippen LogP contribution in [0.1, 0.15) is 107 Å². The van der Waals surface area contributed by atoms with E-state index in [0.717, 1.165) is 55.4 Å². The van der Waals surface area contributed by atoms with Crippen LogP contribution < -0.4 is 47.1 Å². The molecular weight excluding hydrogens is 1300 g/mol. The normalized spacial score (nSPS) is 14.1. The van der Waals surface area contributed by atoms with E-state index in [1.54, 1.807) is 39.5 Å². The number of guanidine groups is 2. The van der Waals surface area contributed by atoms with Crippen molar-refractivity contribution >= 4 is 62.6 Å². The Morgan fingerprint density at radius 3 is 1.80 bits per heavy atom. The average Bonchev–Trinajstić information content (AvgIpc) is 1.73. The van der Waals surface area contributed by atoms with Crippen molar-refractivity contribution in [3.05, 3.63) is 244 Å². The van der Waals surface area contributed by atoms with Gasteiger partial charge in [0.1, 0.15) is 47.7 Å². The fourth-order valence-corrected chi connectivity index (χ4v) is 15.5. The molecule has 12 N–H and O–H groups in total. The molecule has 0 spiro atoms. The molecule has 101 heavy (non-hydrogen) atoms. The summed E-state index contributed by atoms with van der Waals surface area (Å²) in [5, 5.41) is 34.3. The number of aromatic amines is 1. The van der Waals surface area contributed by atoms with Crippen LogP contribution in [-0.2, 0) is 63.5 Å². The lowest BCUT2D eigenvalue weighted by Crippen LogP contribution is -2.58. The quantitative estimate of drug-likeness (QED) is 0.00718. The highest BCUT2D eigenvalue weighted by atomic mass is 32.2. The van der Waals surface area contributed by atoms with Crippen LogP contribution in [0.4, 0.5) is 4.79 Å². The number of carbonyl (C=O) groups is 5. The number of imidazole rings is 1. The molecule has 0 saturated heterocycles. The Bertz CT molecular complexity index is 4520. The third-order valence-corrected chi connectivity index (χ3v) is 20.5. The molecule has 4 atom stereocenters. The summed E-state index contributed by atoms with van der Waals surface area (Å²) in [4.78, 5) is 82.2. The highest BCUT2D eigenvalue weighted by molar-refractivity contribution is 7.90. The Hall–Kier alpha value is -11.3. The lowest BCUT2D eigenvalue weighted by Gasteiger charge is -2.37. The number of nitrogens with zero attached hydrogens (tertiary/aromatic N) is 2. The van der Waals surface area contributed by atoms with E-state index < -0.39 is 81.1 Å². The number of methoxy groups -OCH3 is 1. The minimum atomic E-state index is -4.35. The number of carbonyl (C=O) groups excluding carboxylic acids is 5. The molecule has 0 bridgehead atoms. The van der Waals surface area contributed by atoms with Gasteiger partial charge in [0.15, 0.2) is 5.96 Å². The number of alkyl carbamates (subject to hydrolysis) is 1. The first-order valence-electron chi connectivity index (χ1n) is 33.7. The van der Waals surface area contributed by atoms with Crippen LogP contribution >= 0.6 is 0 Å². The van der Waals surface area contributed by atoms with Crippen LogP contribution in [0.5, 0.6) is 5.75 Å². The van der Waals surface area contributed by atoms with Gasteiger partial charge in [0.25, 0.3) is 10.0 Å². The molecule has 0 saturated carbocycles. The number of ether oxygens (including phenoxy) is 3. The molecule has 0 fully saturated rings. The van der Waals surface area contributed by atoms with Gasteiger partial charge in [-0.3, -0.25) is 25.2 Å². The van der Waals surface area contributed by atoms with Crippen molar-refractivity contribution in [3.8, 4) is 16.9 Å². The van der Waals surface area contributed by atoms with Crippen LogP contribution in [0.25, 0.3) is 22.0 Å². The summed E-state index contributed by atoms with van der Waals surface area (Å²) in [6.07, 6.45) is 4.55. The minimum Gasteiger partial charge on any atom is -0.487 e. The number of H-pyrrole nitrogens is 1. The summed E-state index contributed by atoms with van der Waals surface area (Å²) in [5.74, 6) is -3.76. The smallest absolute Gasteiger partial charge is 0.407 e. The number of rotatable bonds is 28. The average molecular weight is 1380 g/mol. The van der Waals surface area contributed by atoms with E-state index in [1.807, 2.05) is 182 Å². The number of amides is 4. The first-order valence-corrected chi connectivity index (χ1v) is 35.1. The minimum absolute atomic E-state index is 0.0123. The molecule has 1 aliphatic heterocycles. The number of sulfonamides is 1. The Morgan fingerprint density at radius 2 is 1.20 bits per heavy atom. The van der Waals surface area contributed by atoms with Crippen molar-refractivity contribution < 1.29 is 46.6 Å². The molecule has 4 amide bonds. The van der Waals surface area contributed by atoms with E-state index in [1.165, 1.54) is 7.11 Å². The van der Waals surface area contributed by atoms with Gasteiger partial charge in [-0.1, -0.05) is 158 Å². The summed E-state index contributed by atoms with van der Waals surface area (Å²) in [6.45, 7) is 9.11. The van der Waals surface area contributed by atoms with Gasteiger partial charge in [0.05, 0.1) is 24.0 Å². The Balaban J connectivity index is 0.913. The van der Waals surface area contributed by atoms with Crippen molar-refractivity contribution in [3.63, 3.8) is 0 Å². The topological polar surface area (TPSA) is 339 Å². The molecule has 23 nitrogen and oxygen atoms in total. The maximum Gasteiger partial charge on any atom is 0.407 e. The fraction of sp³-hybridized carbons (Fsp3) is 0.299. The summed E-state index contributed by atoms with van der Waals surface area (Å²) in [6, 6.07) is 47.2. The second-order valence-corrected chi connectivity index (χ2v) is 27.8. The Labute approximate surface area is 587 Å². The van der Waals surface area contributed by atoms with Gasteiger partial charge in [-0.25, -0.2) is 27.7 Å². The highest BCUT2D eigenvalue weighted by Crippen LogP contribution is 2.46. The van der Waals surface area contributed by atoms with Crippen LogP contribution in [-0.4, -0.2) is 121 Å². The summed E-state index contributed by atoms with van der Waals surface area (Å²) >= 11 is 0. The molecule has 11 rings (SSSR count). The van der Waals surface area contributed by atoms with E-state index in [-0.39, 0.29) is 75.0 Å². The van der Waals surface area contributed by atoms with E-state index in [2.05, 4.69) is 41.6 Å². The standard InChI is InChI=1S/C77H85N13O10S/c1-47-48(2)68(49(3)60-42-76(4,5)100-67(47)60)101(96,97)89-74(80)82-39-22-36-63(85-70(92)65(40-50-43-83-62-35-21-20-30-55(50)62)88-75(95)99-45-61-58-33-18-16-31-56(58)57-32-17-19-34-59(57)61)69(91)87-66(71(93)86-64(72(94)98-6)37-23-38-81-73(78)79)41-54-44-90(46-84-54)77(51-24-10-7-11-25-51,52-26-12-8-13-27-52)53-28-14-9-15-29-53/h7-21,24-35,43-44,46,61,63-66,83H,22-23,36-42,45H2,1-6H3,(H,85,92)(H,86,93)(H,87,91)(H,88,95)(H4,78,79,81)(H3,80,82,89)/t63-,64-,65-,66-/m0/s1. The van der Waals surface area contributed by atoms with Gasteiger partial charge in [0, 0.05) is 67.1 Å². The summed E-state index contributed by atoms with van der Waals surface area (Å²) in [5.41, 5.74) is 14.9. The number of fused-ring (bicyclic) bond motifs is 5. The molecule has 0 radical (unpaired) electrons. The van der Waals surface area contributed by atoms with Crippen molar-refractivity contribution in [1.82, 2.24) is 51.2 Å².